The molecule has 7 rings (SSSR count). The van der Waals surface area contributed by atoms with E-state index in [0.717, 1.165) is 0 Å². The smallest absolute Gasteiger partial charge is 0.187 e. The zero-order valence-corrected chi connectivity index (χ0v) is 29.4. The molecule has 17 heteroatoms. The van der Waals surface area contributed by atoms with Crippen LogP contribution in [0.2, 0.25) is 0 Å². The Morgan fingerprint density at radius 3 is 2.33 bits per heavy atom. The number of halogens is 1. The lowest BCUT2D eigenvalue weighted by atomic mass is 9.81. The van der Waals surface area contributed by atoms with E-state index in [-0.39, 0.29) is 42.6 Å². The van der Waals surface area contributed by atoms with E-state index in [1.54, 1.807) is 24.3 Å². The minimum atomic E-state index is -1.67. The molecule has 0 aliphatic carbocycles. The van der Waals surface area contributed by atoms with Crippen molar-refractivity contribution in [2.75, 3.05) is 40.6 Å². The Labute approximate surface area is 302 Å². The van der Waals surface area contributed by atoms with Crippen molar-refractivity contribution in [3.05, 3.63) is 53.1 Å². The van der Waals surface area contributed by atoms with Crippen LogP contribution in [-0.2, 0) is 25.4 Å². The number of fused-ring (bicyclic) bond motifs is 6. The topological polar surface area (TPSA) is 222 Å². The molecule has 0 bridgehead atoms. The van der Waals surface area contributed by atoms with Gasteiger partial charge in [-0.05, 0) is 23.8 Å². The molecule has 2 aromatic carbocycles. The average molecular weight is 786 g/mol. The number of aliphatic hydroxyl groups is 6. The van der Waals surface area contributed by atoms with Gasteiger partial charge in [-0.15, -0.1) is 17.0 Å². The summed E-state index contributed by atoms with van der Waals surface area (Å²) in [6, 6.07) is 6.82. The summed E-state index contributed by atoms with van der Waals surface area (Å²) in [7, 11) is 3.04. The molecule has 5 aliphatic rings. The first kappa shape index (κ1) is 37.7. The van der Waals surface area contributed by atoms with Gasteiger partial charge >= 0.3 is 0 Å². The van der Waals surface area contributed by atoms with Crippen molar-refractivity contribution < 1.29 is 78.1 Å². The van der Waals surface area contributed by atoms with Gasteiger partial charge in [0.05, 0.1) is 45.5 Å². The Kier molecular flexibility index (Phi) is 11.2. The molecule has 2 fully saturated rings. The monoisotopic (exact) mass is 784 g/mol. The van der Waals surface area contributed by atoms with Crippen LogP contribution in [0.1, 0.15) is 27.4 Å². The first-order valence-corrected chi connectivity index (χ1v) is 16.2. The maximum Gasteiger partial charge on any atom is 0.187 e. The van der Waals surface area contributed by atoms with Gasteiger partial charge in [-0.25, -0.2) is 0 Å². The zero-order chi connectivity index (χ0) is 35.4. The molecule has 0 amide bonds. The number of ketones is 1. The van der Waals surface area contributed by atoms with Crippen LogP contribution in [0.4, 0.5) is 0 Å². The zero-order valence-electron chi connectivity index (χ0n) is 27.7. The number of carbonyl (C=O) groups is 1. The van der Waals surface area contributed by atoms with E-state index in [9.17, 15) is 35.4 Å². The van der Waals surface area contributed by atoms with E-state index in [2.05, 4.69) is 6.58 Å². The summed E-state index contributed by atoms with van der Waals surface area (Å²) in [6.45, 7) is 3.35. The van der Waals surface area contributed by atoms with Crippen LogP contribution >= 0.6 is 17.0 Å². The van der Waals surface area contributed by atoms with Crippen LogP contribution in [0.25, 0.3) is 0 Å². The van der Waals surface area contributed by atoms with Crippen LogP contribution in [0.3, 0.4) is 0 Å². The molecule has 5 heterocycles. The van der Waals surface area contributed by atoms with E-state index in [0.29, 0.717) is 57.4 Å². The molecule has 2 aromatic rings. The van der Waals surface area contributed by atoms with Crippen molar-refractivity contribution in [3.63, 3.8) is 0 Å². The minimum Gasteiger partial charge on any atom is -0.493 e. The maximum atomic E-state index is 13.9. The summed E-state index contributed by atoms with van der Waals surface area (Å²) in [6.07, 6.45) is -14.1. The van der Waals surface area contributed by atoms with E-state index in [1.165, 1.54) is 14.2 Å². The normalized spacial score (nSPS) is 35.0. The third-order valence-corrected chi connectivity index (χ3v) is 9.76. The highest BCUT2D eigenvalue weighted by Crippen LogP contribution is 2.50. The second kappa shape index (κ2) is 15.1. The highest BCUT2D eigenvalue weighted by molar-refractivity contribution is 8.93. The maximum absolute atomic E-state index is 13.9. The first-order valence-electron chi connectivity index (χ1n) is 16.2. The molecule has 0 radical (unpaired) electrons. The molecular formula is C34H41BrO16. The van der Waals surface area contributed by atoms with Gasteiger partial charge in [-0.3, -0.25) is 4.79 Å². The molecule has 16 nitrogen and oxygen atoms in total. The highest BCUT2D eigenvalue weighted by Gasteiger charge is 2.48. The summed E-state index contributed by atoms with van der Waals surface area (Å²) in [5.41, 5.74) is 2.20. The first-order chi connectivity index (χ1) is 24.0. The van der Waals surface area contributed by atoms with Gasteiger partial charge < -0.3 is 73.3 Å². The molecular weight excluding hydrogens is 744 g/mol. The average Bonchev–Trinajstić information content (AvgIpc) is 3.57. The van der Waals surface area contributed by atoms with Crippen molar-refractivity contribution in [2.24, 2.45) is 0 Å². The van der Waals surface area contributed by atoms with Crippen molar-refractivity contribution in [2.45, 2.75) is 79.9 Å². The van der Waals surface area contributed by atoms with Gasteiger partial charge in [-0.1, -0.05) is 6.58 Å². The predicted molar refractivity (Wildman–Crippen MR) is 177 cm³/mol. The van der Waals surface area contributed by atoms with Gasteiger partial charge in [0.25, 0.3) is 0 Å². The van der Waals surface area contributed by atoms with Gasteiger partial charge in [0.1, 0.15) is 78.8 Å². The fourth-order valence-electron chi connectivity index (χ4n) is 6.88. The van der Waals surface area contributed by atoms with E-state index in [1.807, 2.05) is 0 Å². The molecule has 51 heavy (non-hydrogen) atoms. The van der Waals surface area contributed by atoms with E-state index < -0.39 is 80.0 Å². The van der Waals surface area contributed by atoms with Gasteiger partial charge in [0.2, 0.25) is 0 Å². The van der Waals surface area contributed by atoms with Crippen LogP contribution in [0, 0.1) is 0 Å². The van der Waals surface area contributed by atoms with Gasteiger partial charge in [0.15, 0.2) is 29.9 Å². The highest BCUT2D eigenvalue weighted by atomic mass is 79.9. The molecule has 2 saturated heterocycles. The second-order valence-electron chi connectivity index (χ2n) is 12.9. The number of methoxy groups -OCH3 is 2. The third kappa shape index (κ3) is 6.81. The molecule has 0 aromatic heterocycles. The molecule has 5 aliphatic heterocycles. The van der Waals surface area contributed by atoms with Crippen molar-refractivity contribution in [1.82, 2.24) is 0 Å². The number of benzene rings is 2. The Balaban J connectivity index is 0.00000448. The van der Waals surface area contributed by atoms with Crippen LogP contribution in [-0.4, -0.2) is 145 Å². The standard InChI is InChI=1S/C34H40O16.BrH/c1-13(9-45-34-31(41)29(39)28(38)24(50-34)12-47-33-30(40)27(37)17(35)10-46-33)19-7-16-18(48-19)5-4-14-26(36)25-15-6-21(42-2)22(43-3)8-20(15)44-11-23(25)49-32(14)16;/h4-6,8,17,19,23-25,27-31,33-35,37-41H,1,7,9-12H2,2-3H3;1H/t17-,19-,23?,24-,25?,27-,28+,29-,30+,31+,33-,34+;/m0./s1. The number of aliphatic hydroxyl groups excluding tert-OH is 6. The largest absolute Gasteiger partial charge is 0.493 e. The van der Waals surface area contributed by atoms with Crippen LogP contribution < -0.4 is 23.7 Å². The van der Waals surface area contributed by atoms with E-state index >= 15 is 0 Å². The number of hydrogen-bond donors (Lipinski definition) is 6. The lowest BCUT2D eigenvalue weighted by Crippen LogP contribution is -2.60. The fraction of sp³-hybridized carbons (Fsp3) is 0.559. The number of ether oxygens (including phenoxy) is 9. The minimum absolute atomic E-state index is 0. The quantitative estimate of drug-likeness (QED) is 0.177. The lowest BCUT2D eigenvalue weighted by molar-refractivity contribution is -0.319. The molecule has 280 valence electrons. The van der Waals surface area contributed by atoms with Crippen LogP contribution in [0.5, 0.6) is 28.7 Å². The number of Topliss-reactive ketones (excluding diaryl/α,β-unsaturated/α-hetero) is 1. The molecule has 0 saturated carbocycles. The molecule has 6 N–H and O–H groups in total. The number of carbonyl (C=O) groups excluding carboxylic acids is 1. The molecule has 2 unspecified atom stereocenters. The SMILES string of the molecule is Br.C=C(CO[C@@H]1O[C@@H](CO[C@@H]2OC[C@H](O)[C@H](O)[C@H]2O)[C@@H](O)[C@H](O)[C@H]1O)[C@@H]1Cc2c(ccc3c2OC2COc4cc(OC)c(OC)cc4C2C3=O)O1. The van der Waals surface area contributed by atoms with Crippen molar-refractivity contribution in [3.8, 4) is 28.7 Å². The number of rotatable bonds is 9. The molecule has 0 spiro atoms. The van der Waals surface area contributed by atoms with Crippen molar-refractivity contribution in [1.29, 1.82) is 0 Å². The summed E-state index contributed by atoms with van der Waals surface area (Å²) in [5.74, 6) is 1.67. The van der Waals surface area contributed by atoms with Crippen LogP contribution in [0.15, 0.2) is 36.4 Å². The Morgan fingerprint density at radius 2 is 1.59 bits per heavy atom. The van der Waals surface area contributed by atoms with E-state index in [4.69, 9.17) is 42.6 Å². The summed E-state index contributed by atoms with van der Waals surface area (Å²) in [5, 5.41) is 61.2. The number of hydrogen-bond acceptors (Lipinski definition) is 16. The fourth-order valence-corrected chi connectivity index (χ4v) is 6.88. The third-order valence-electron chi connectivity index (χ3n) is 9.76. The Bertz CT molecular complexity index is 1620. The Morgan fingerprint density at radius 1 is 0.863 bits per heavy atom. The second-order valence-corrected chi connectivity index (χ2v) is 12.9. The van der Waals surface area contributed by atoms with Crippen molar-refractivity contribution >= 4 is 22.8 Å². The summed E-state index contributed by atoms with van der Waals surface area (Å²) in [4.78, 5) is 13.9. The molecule has 12 atom stereocenters. The van der Waals surface area contributed by atoms with Gasteiger partial charge in [-0.2, -0.15) is 0 Å². The predicted octanol–water partition coefficient (Wildman–Crippen LogP) is -0.459. The lowest BCUT2D eigenvalue weighted by Gasteiger charge is -2.41. The summed E-state index contributed by atoms with van der Waals surface area (Å²) < 4.78 is 51.5. The Hall–Kier alpha value is -3.07. The van der Waals surface area contributed by atoms with Gasteiger partial charge in [0, 0.05) is 23.6 Å². The summed E-state index contributed by atoms with van der Waals surface area (Å²) >= 11 is 0.